The molecule has 0 saturated carbocycles. The van der Waals surface area contributed by atoms with Crippen molar-refractivity contribution in [2.24, 2.45) is 0 Å². The van der Waals surface area contributed by atoms with Crippen LogP contribution in [0.25, 0.3) is 0 Å². The molecule has 0 radical (unpaired) electrons. The number of halogens is 1. The Labute approximate surface area is 113 Å². The van der Waals surface area contributed by atoms with Crippen LogP contribution >= 0.6 is 0 Å². The van der Waals surface area contributed by atoms with E-state index >= 15 is 0 Å². The van der Waals surface area contributed by atoms with E-state index in [2.05, 4.69) is 10.6 Å². The second-order valence-electron chi connectivity index (χ2n) is 3.83. The molecule has 20 heavy (non-hydrogen) atoms. The summed E-state index contributed by atoms with van der Waals surface area (Å²) in [6.45, 7) is -0.0500. The van der Waals surface area contributed by atoms with Gasteiger partial charge in [0.2, 0.25) is 0 Å². The highest BCUT2D eigenvalue weighted by Gasteiger charge is 2.13. The second kappa shape index (κ2) is 7.06. The largest absolute Gasteiger partial charge is 0.479 e. The van der Waals surface area contributed by atoms with Crippen LogP contribution in [-0.4, -0.2) is 34.9 Å². The van der Waals surface area contributed by atoms with Crippen molar-refractivity contribution in [1.29, 1.82) is 5.26 Å². The summed E-state index contributed by atoms with van der Waals surface area (Å²) < 4.78 is 13.0. The maximum absolute atomic E-state index is 13.0. The summed E-state index contributed by atoms with van der Waals surface area (Å²) in [7, 11) is 0. The van der Waals surface area contributed by atoms with Crippen molar-refractivity contribution >= 4 is 17.7 Å². The monoisotopic (exact) mass is 281 g/mol. The second-order valence-corrected chi connectivity index (χ2v) is 3.83. The quantitative estimate of drug-likeness (QED) is 0.631. The van der Waals surface area contributed by atoms with E-state index in [1.54, 1.807) is 6.07 Å². The van der Waals surface area contributed by atoms with E-state index in [1.165, 1.54) is 12.1 Å². The third-order valence-electron chi connectivity index (χ3n) is 2.33. The lowest BCUT2D eigenvalue weighted by molar-refractivity contribution is -0.146. The van der Waals surface area contributed by atoms with E-state index in [-0.39, 0.29) is 24.2 Å². The number of benzene rings is 1. The SMILES string of the molecule is N#Cc1cc(NC(=O)NCCC(O)C(=O)O)ccc1F. The zero-order valence-electron chi connectivity index (χ0n) is 10.3. The molecule has 0 aliphatic carbocycles. The van der Waals surface area contributed by atoms with Crippen molar-refractivity contribution in [2.75, 3.05) is 11.9 Å². The number of carbonyl (C=O) groups excluding carboxylic acids is 1. The number of aliphatic hydroxyl groups excluding tert-OH is 1. The van der Waals surface area contributed by atoms with Gasteiger partial charge in [-0.3, -0.25) is 0 Å². The van der Waals surface area contributed by atoms with Gasteiger partial charge in [-0.05, 0) is 18.2 Å². The van der Waals surface area contributed by atoms with Gasteiger partial charge >= 0.3 is 12.0 Å². The molecule has 1 atom stereocenters. The molecule has 8 heteroatoms. The number of urea groups is 1. The molecule has 0 spiro atoms. The topological polar surface area (TPSA) is 122 Å². The highest BCUT2D eigenvalue weighted by atomic mass is 19.1. The van der Waals surface area contributed by atoms with Crippen molar-refractivity contribution < 1.29 is 24.2 Å². The number of aliphatic carboxylic acids is 1. The van der Waals surface area contributed by atoms with Gasteiger partial charge in [-0.15, -0.1) is 0 Å². The number of aliphatic hydroxyl groups is 1. The minimum Gasteiger partial charge on any atom is -0.479 e. The molecule has 0 fully saturated rings. The van der Waals surface area contributed by atoms with E-state index in [0.717, 1.165) is 6.07 Å². The molecule has 0 aromatic heterocycles. The van der Waals surface area contributed by atoms with Gasteiger partial charge in [-0.25, -0.2) is 14.0 Å². The molecular weight excluding hydrogens is 269 g/mol. The van der Waals surface area contributed by atoms with Gasteiger partial charge < -0.3 is 20.8 Å². The predicted octanol–water partition coefficient (Wildman–Crippen LogP) is 0.654. The fraction of sp³-hybridized carbons (Fsp3) is 0.250. The molecular formula is C12H12FN3O4. The summed E-state index contributed by atoms with van der Waals surface area (Å²) in [4.78, 5) is 21.7. The van der Waals surface area contributed by atoms with Gasteiger partial charge in [0.25, 0.3) is 0 Å². The first kappa shape index (κ1) is 15.4. The molecule has 0 aliphatic heterocycles. The normalized spacial score (nSPS) is 11.2. The number of carboxylic acids is 1. The average Bonchev–Trinajstić information content (AvgIpc) is 2.40. The number of carbonyl (C=O) groups is 2. The maximum atomic E-state index is 13.0. The first-order valence-electron chi connectivity index (χ1n) is 5.59. The maximum Gasteiger partial charge on any atom is 0.332 e. The van der Waals surface area contributed by atoms with Crippen LogP contribution in [0, 0.1) is 17.1 Å². The summed E-state index contributed by atoms with van der Waals surface area (Å²) in [6.07, 6.45) is -1.69. The van der Waals surface area contributed by atoms with Crippen LogP contribution in [0.3, 0.4) is 0 Å². The molecule has 4 N–H and O–H groups in total. The van der Waals surface area contributed by atoms with Gasteiger partial charge in [0, 0.05) is 18.7 Å². The van der Waals surface area contributed by atoms with Crippen molar-refractivity contribution in [1.82, 2.24) is 5.32 Å². The fourth-order valence-corrected chi connectivity index (χ4v) is 1.31. The van der Waals surface area contributed by atoms with Crippen molar-refractivity contribution in [2.45, 2.75) is 12.5 Å². The summed E-state index contributed by atoms with van der Waals surface area (Å²) in [5.41, 5.74) is 0.0170. The van der Waals surface area contributed by atoms with Gasteiger partial charge in [-0.1, -0.05) is 0 Å². The lowest BCUT2D eigenvalue weighted by atomic mass is 10.2. The highest BCUT2D eigenvalue weighted by Crippen LogP contribution is 2.13. The molecule has 2 amide bonds. The minimum atomic E-state index is -1.55. The molecule has 1 aromatic rings. The van der Waals surface area contributed by atoms with Crippen LogP contribution in [0.2, 0.25) is 0 Å². The Balaban J connectivity index is 2.47. The van der Waals surface area contributed by atoms with Crippen molar-refractivity contribution in [3.63, 3.8) is 0 Å². The third kappa shape index (κ3) is 4.55. The van der Waals surface area contributed by atoms with E-state index in [0.29, 0.717) is 0 Å². The predicted molar refractivity (Wildman–Crippen MR) is 66.4 cm³/mol. The van der Waals surface area contributed by atoms with Crippen LogP contribution in [0.5, 0.6) is 0 Å². The number of hydrogen-bond donors (Lipinski definition) is 4. The Kier molecular flexibility index (Phi) is 5.43. The lowest BCUT2D eigenvalue weighted by Crippen LogP contribution is -2.33. The molecule has 7 nitrogen and oxygen atoms in total. The molecule has 1 unspecified atom stereocenters. The van der Waals surface area contributed by atoms with Crippen LogP contribution in [-0.2, 0) is 4.79 Å². The molecule has 0 heterocycles. The smallest absolute Gasteiger partial charge is 0.332 e. The Bertz CT molecular complexity index is 556. The van der Waals surface area contributed by atoms with Crippen LogP contribution in [0.15, 0.2) is 18.2 Å². The summed E-state index contributed by atoms with van der Waals surface area (Å²) in [6, 6.07) is 4.47. The van der Waals surface area contributed by atoms with E-state index in [1.807, 2.05) is 0 Å². The number of amides is 2. The molecule has 1 rings (SSSR count). The molecule has 0 aliphatic rings. The van der Waals surface area contributed by atoms with Gasteiger partial charge in [0.15, 0.2) is 6.10 Å². The number of nitriles is 1. The Morgan fingerprint density at radius 3 is 2.75 bits per heavy atom. The van der Waals surface area contributed by atoms with E-state index < -0.39 is 23.9 Å². The van der Waals surface area contributed by atoms with Gasteiger partial charge in [0.1, 0.15) is 11.9 Å². The zero-order valence-corrected chi connectivity index (χ0v) is 10.3. The van der Waals surface area contributed by atoms with Crippen molar-refractivity contribution in [3.8, 4) is 6.07 Å². The Morgan fingerprint density at radius 1 is 1.45 bits per heavy atom. The summed E-state index contributed by atoms with van der Waals surface area (Å²) in [5, 5.41) is 30.7. The number of anilines is 1. The third-order valence-corrected chi connectivity index (χ3v) is 2.33. The Morgan fingerprint density at radius 2 is 2.15 bits per heavy atom. The number of nitrogens with zero attached hydrogens (tertiary/aromatic N) is 1. The fourth-order valence-electron chi connectivity index (χ4n) is 1.31. The lowest BCUT2D eigenvalue weighted by Gasteiger charge is -2.09. The summed E-state index contributed by atoms with van der Waals surface area (Å²) in [5.74, 6) is -2.06. The summed E-state index contributed by atoms with van der Waals surface area (Å²) >= 11 is 0. The molecule has 0 saturated heterocycles. The number of carboxylic acid groups (broad SMARTS) is 1. The van der Waals surface area contributed by atoms with Crippen LogP contribution < -0.4 is 10.6 Å². The molecule has 1 aromatic carbocycles. The number of hydrogen-bond acceptors (Lipinski definition) is 4. The highest BCUT2D eigenvalue weighted by molar-refractivity contribution is 5.89. The molecule has 0 bridgehead atoms. The van der Waals surface area contributed by atoms with E-state index in [4.69, 9.17) is 15.5 Å². The first-order valence-corrected chi connectivity index (χ1v) is 5.59. The van der Waals surface area contributed by atoms with Gasteiger partial charge in [-0.2, -0.15) is 5.26 Å². The molecule has 106 valence electrons. The van der Waals surface area contributed by atoms with Crippen molar-refractivity contribution in [3.05, 3.63) is 29.6 Å². The standard InChI is InChI=1S/C12H12FN3O4/c13-9-2-1-8(5-7(9)6-14)16-12(20)15-4-3-10(17)11(18)19/h1-2,5,10,17H,3-4H2,(H,18,19)(H2,15,16,20). The number of rotatable bonds is 5. The minimum absolute atomic E-state index is 0.0500. The van der Waals surface area contributed by atoms with Gasteiger partial charge in [0.05, 0.1) is 5.56 Å². The number of nitrogens with one attached hydrogen (secondary N) is 2. The Hall–Kier alpha value is -2.66. The van der Waals surface area contributed by atoms with E-state index in [9.17, 15) is 14.0 Å². The van der Waals surface area contributed by atoms with Crippen LogP contribution in [0.4, 0.5) is 14.9 Å². The average molecular weight is 281 g/mol. The van der Waals surface area contributed by atoms with Crippen LogP contribution in [0.1, 0.15) is 12.0 Å². The zero-order chi connectivity index (χ0) is 15.1. The first-order chi connectivity index (χ1) is 9.43.